The third-order valence-electron chi connectivity index (χ3n) is 3.30. The maximum absolute atomic E-state index is 13.7. The van der Waals surface area contributed by atoms with Crippen molar-refractivity contribution in [3.05, 3.63) is 53.2 Å². The molecule has 0 saturated heterocycles. The maximum Gasteiger partial charge on any atom is 0.242 e. The van der Waals surface area contributed by atoms with E-state index in [9.17, 15) is 9.18 Å². The fourth-order valence-corrected chi connectivity index (χ4v) is 2.48. The Hall–Kier alpha value is -2.43. The Morgan fingerprint density at radius 2 is 1.92 bits per heavy atom. The van der Waals surface area contributed by atoms with Crippen LogP contribution in [0.5, 0.6) is 5.75 Å². The number of hydrogen-bond donors (Lipinski definition) is 1. The Morgan fingerprint density at radius 3 is 2.58 bits per heavy atom. The number of aromatic nitrogens is 1. The Labute approximate surface area is 142 Å². The van der Waals surface area contributed by atoms with E-state index in [1.54, 1.807) is 6.20 Å². The van der Waals surface area contributed by atoms with Gasteiger partial charge in [0.2, 0.25) is 11.8 Å². The van der Waals surface area contributed by atoms with Gasteiger partial charge in [0.05, 0.1) is 0 Å². The molecule has 1 aromatic carbocycles. The molecule has 0 aliphatic heterocycles. The van der Waals surface area contributed by atoms with Gasteiger partial charge in [0.25, 0.3) is 0 Å². The summed E-state index contributed by atoms with van der Waals surface area (Å²) >= 11 is 0. The molecular formula is C19H23FN2O2. The molecule has 0 spiro atoms. The van der Waals surface area contributed by atoms with E-state index >= 15 is 0 Å². The van der Waals surface area contributed by atoms with Crippen molar-refractivity contribution < 1.29 is 13.9 Å². The van der Waals surface area contributed by atoms with Crippen LogP contribution in [0, 0.1) is 6.92 Å². The van der Waals surface area contributed by atoms with E-state index in [1.807, 2.05) is 31.2 Å². The van der Waals surface area contributed by atoms with Crippen LogP contribution in [0.3, 0.4) is 0 Å². The summed E-state index contributed by atoms with van der Waals surface area (Å²) in [7, 11) is 0. The number of nitrogens with zero attached hydrogens (tertiary/aromatic N) is 1. The van der Waals surface area contributed by atoms with Gasteiger partial charge in [0, 0.05) is 27.0 Å². The van der Waals surface area contributed by atoms with Crippen molar-refractivity contribution in [2.45, 2.75) is 46.4 Å². The minimum Gasteiger partial charge on any atom is -0.459 e. The SMILES string of the molecule is CC(=O)Nc1cc(CCc2cc(C)cc(OC(C)(C)F)c2)ccn1. The average molecular weight is 330 g/mol. The van der Waals surface area contributed by atoms with Crippen LogP contribution in [0.4, 0.5) is 10.2 Å². The van der Waals surface area contributed by atoms with Crippen LogP contribution in [0.15, 0.2) is 36.5 Å². The van der Waals surface area contributed by atoms with Crippen LogP contribution >= 0.6 is 0 Å². The van der Waals surface area contributed by atoms with E-state index in [0.717, 1.165) is 29.5 Å². The average Bonchev–Trinajstić information content (AvgIpc) is 2.42. The largest absolute Gasteiger partial charge is 0.459 e. The Bertz CT molecular complexity index is 724. The second-order valence-corrected chi connectivity index (χ2v) is 6.35. The van der Waals surface area contributed by atoms with Crippen molar-refractivity contribution in [3.8, 4) is 5.75 Å². The van der Waals surface area contributed by atoms with Crippen LogP contribution in [-0.4, -0.2) is 16.7 Å². The number of aryl methyl sites for hydroxylation is 3. The van der Waals surface area contributed by atoms with Gasteiger partial charge in [-0.15, -0.1) is 0 Å². The van der Waals surface area contributed by atoms with Crippen LogP contribution in [-0.2, 0) is 17.6 Å². The van der Waals surface area contributed by atoms with Crippen LogP contribution < -0.4 is 10.1 Å². The molecule has 0 atom stereocenters. The summed E-state index contributed by atoms with van der Waals surface area (Å²) in [5.41, 5.74) is 3.18. The first kappa shape index (κ1) is 17.9. The topological polar surface area (TPSA) is 51.2 Å². The molecule has 0 saturated carbocycles. The standard InChI is InChI=1S/C19H23FN2O2/c1-13-9-16(11-17(10-13)24-19(3,4)20)6-5-15-7-8-21-18(12-15)22-14(2)23/h7-12H,5-6H2,1-4H3,(H,21,22,23). The number of carbonyl (C=O) groups excluding carboxylic acids is 1. The fraction of sp³-hybridized carbons (Fsp3) is 0.368. The maximum atomic E-state index is 13.7. The Balaban J connectivity index is 2.07. The Morgan fingerprint density at radius 1 is 1.21 bits per heavy atom. The summed E-state index contributed by atoms with van der Waals surface area (Å²) in [5, 5.41) is 2.68. The van der Waals surface area contributed by atoms with Gasteiger partial charge in [-0.1, -0.05) is 6.07 Å². The van der Waals surface area contributed by atoms with Crippen molar-refractivity contribution in [2.24, 2.45) is 0 Å². The highest BCUT2D eigenvalue weighted by Gasteiger charge is 2.17. The summed E-state index contributed by atoms with van der Waals surface area (Å²) in [6.45, 7) is 6.18. The van der Waals surface area contributed by atoms with Crippen molar-refractivity contribution in [3.63, 3.8) is 0 Å². The number of alkyl halides is 1. The molecule has 2 rings (SSSR count). The molecule has 1 N–H and O–H groups in total. The molecular weight excluding hydrogens is 307 g/mol. The third kappa shape index (κ3) is 5.99. The van der Waals surface area contributed by atoms with E-state index in [1.165, 1.54) is 20.8 Å². The first-order valence-electron chi connectivity index (χ1n) is 7.92. The number of anilines is 1. The molecule has 2 aromatic rings. The molecule has 0 fully saturated rings. The van der Waals surface area contributed by atoms with Gasteiger partial charge < -0.3 is 10.1 Å². The minimum absolute atomic E-state index is 0.144. The lowest BCUT2D eigenvalue weighted by Crippen LogP contribution is -2.21. The summed E-state index contributed by atoms with van der Waals surface area (Å²) in [5.74, 6) is -0.767. The first-order chi connectivity index (χ1) is 11.2. The molecule has 4 nitrogen and oxygen atoms in total. The molecule has 0 bridgehead atoms. The quantitative estimate of drug-likeness (QED) is 0.863. The van der Waals surface area contributed by atoms with Gasteiger partial charge >= 0.3 is 0 Å². The van der Waals surface area contributed by atoms with Gasteiger partial charge in [-0.25, -0.2) is 4.98 Å². The van der Waals surface area contributed by atoms with Crippen molar-refractivity contribution in [2.75, 3.05) is 5.32 Å². The highest BCUT2D eigenvalue weighted by atomic mass is 19.2. The molecule has 24 heavy (non-hydrogen) atoms. The van der Waals surface area contributed by atoms with E-state index in [2.05, 4.69) is 16.4 Å². The molecule has 128 valence electrons. The minimum atomic E-state index is -1.70. The smallest absolute Gasteiger partial charge is 0.242 e. The zero-order valence-electron chi connectivity index (χ0n) is 14.5. The zero-order chi connectivity index (χ0) is 17.7. The number of nitrogens with one attached hydrogen (secondary N) is 1. The number of ether oxygens (including phenoxy) is 1. The molecule has 1 aromatic heterocycles. The second kappa shape index (κ2) is 7.43. The number of amides is 1. The normalized spacial score (nSPS) is 11.2. The second-order valence-electron chi connectivity index (χ2n) is 6.35. The van der Waals surface area contributed by atoms with Crippen molar-refractivity contribution in [1.82, 2.24) is 4.98 Å². The predicted octanol–water partition coefficient (Wildman–Crippen LogP) is 4.22. The summed E-state index contributed by atoms with van der Waals surface area (Å²) in [4.78, 5) is 15.2. The van der Waals surface area contributed by atoms with Crippen LogP contribution in [0.2, 0.25) is 0 Å². The number of benzene rings is 1. The predicted molar refractivity (Wildman–Crippen MR) is 92.9 cm³/mol. The lowest BCUT2D eigenvalue weighted by Gasteiger charge is -2.18. The lowest BCUT2D eigenvalue weighted by molar-refractivity contribution is -0.114. The molecule has 0 unspecified atom stereocenters. The van der Waals surface area contributed by atoms with E-state index in [-0.39, 0.29) is 5.91 Å². The van der Waals surface area contributed by atoms with E-state index in [0.29, 0.717) is 11.6 Å². The highest BCUT2D eigenvalue weighted by Crippen LogP contribution is 2.23. The molecule has 0 radical (unpaired) electrons. The molecule has 1 heterocycles. The van der Waals surface area contributed by atoms with Gasteiger partial charge in [0.1, 0.15) is 11.6 Å². The summed E-state index contributed by atoms with van der Waals surface area (Å²) in [6.07, 6.45) is 3.25. The van der Waals surface area contributed by atoms with Crippen molar-refractivity contribution >= 4 is 11.7 Å². The molecule has 5 heteroatoms. The van der Waals surface area contributed by atoms with Gasteiger partial charge in [-0.05, 0) is 60.7 Å². The highest BCUT2D eigenvalue weighted by molar-refractivity contribution is 5.87. The summed E-state index contributed by atoms with van der Waals surface area (Å²) < 4.78 is 19.0. The Kier molecular flexibility index (Phi) is 5.54. The molecule has 0 aliphatic carbocycles. The van der Waals surface area contributed by atoms with Crippen LogP contribution in [0.25, 0.3) is 0 Å². The van der Waals surface area contributed by atoms with Gasteiger partial charge in [0.15, 0.2) is 0 Å². The van der Waals surface area contributed by atoms with Gasteiger partial charge in [-0.3, -0.25) is 4.79 Å². The number of rotatable bonds is 6. The zero-order valence-corrected chi connectivity index (χ0v) is 14.5. The monoisotopic (exact) mass is 330 g/mol. The summed E-state index contributed by atoms with van der Waals surface area (Å²) in [6, 6.07) is 9.53. The number of carbonyl (C=O) groups is 1. The van der Waals surface area contributed by atoms with Crippen LogP contribution in [0.1, 0.15) is 37.5 Å². The third-order valence-corrected chi connectivity index (χ3v) is 3.30. The number of pyridine rings is 1. The first-order valence-corrected chi connectivity index (χ1v) is 7.92. The van der Waals surface area contributed by atoms with Crippen molar-refractivity contribution in [1.29, 1.82) is 0 Å². The molecule has 0 aliphatic rings. The lowest BCUT2D eigenvalue weighted by atomic mass is 10.0. The van der Waals surface area contributed by atoms with E-state index < -0.39 is 5.85 Å². The number of halogens is 1. The number of hydrogen-bond acceptors (Lipinski definition) is 3. The van der Waals surface area contributed by atoms with Gasteiger partial charge in [-0.2, -0.15) is 4.39 Å². The molecule has 1 amide bonds. The van der Waals surface area contributed by atoms with E-state index in [4.69, 9.17) is 4.74 Å². The fourth-order valence-electron chi connectivity index (χ4n) is 2.48.